The second-order valence-electron chi connectivity index (χ2n) is 7.69. The van der Waals surface area contributed by atoms with Crippen LogP contribution in [-0.4, -0.2) is 31.8 Å². The fourth-order valence-corrected chi connectivity index (χ4v) is 3.51. The maximum atomic E-state index is 12.9. The molecule has 0 bridgehead atoms. The molecule has 0 saturated heterocycles. The van der Waals surface area contributed by atoms with Gasteiger partial charge in [-0.2, -0.15) is 0 Å². The minimum Gasteiger partial charge on any atom is -0.496 e. The number of allylic oxidation sites excluding steroid dienone is 2. The van der Waals surface area contributed by atoms with Crippen molar-refractivity contribution in [3.05, 3.63) is 83.5 Å². The van der Waals surface area contributed by atoms with Crippen LogP contribution in [0.1, 0.15) is 56.6 Å². The number of benzene rings is 2. The first-order valence-electron chi connectivity index (χ1n) is 9.70. The highest BCUT2D eigenvalue weighted by Crippen LogP contribution is 2.47. The summed E-state index contributed by atoms with van der Waals surface area (Å²) < 4.78 is 16.9. The van der Waals surface area contributed by atoms with Gasteiger partial charge in [0.1, 0.15) is 17.6 Å². The number of carbonyl (C=O) groups excluding carboxylic acids is 3. The van der Waals surface area contributed by atoms with Gasteiger partial charge in [-0.1, -0.05) is 38.1 Å². The Hall–Kier alpha value is -3.67. The summed E-state index contributed by atoms with van der Waals surface area (Å²) in [6.45, 7) is 7.57. The largest absolute Gasteiger partial charge is 0.496 e. The van der Waals surface area contributed by atoms with Crippen molar-refractivity contribution in [2.75, 3.05) is 14.2 Å². The van der Waals surface area contributed by atoms with E-state index < -0.39 is 23.3 Å². The van der Waals surface area contributed by atoms with Crippen molar-refractivity contribution in [1.29, 1.82) is 0 Å². The topological polar surface area (TPSA) is 78.9 Å². The minimum atomic E-state index is -0.874. The highest BCUT2D eigenvalue weighted by Gasteiger charge is 2.38. The van der Waals surface area contributed by atoms with Gasteiger partial charge in [-0.3, -0.25) is 9.59 Å². The Balaban J connectivity index is 2.23. The number of hydrogen-bond donors (Lipinski definition) is 0. The molecule has 0 saturated carbocycles. The van der Waals surface area contributed by atoms with Crippen LogP contribution in [0.25, 0.3) is 0 Å². The van der Waals surface area contributed by atoms with Crippen molar-refractivity contribution in [1.82, 2.24) is 0 Å². The van der Waals surface area contributed by atoms with Crippen LogP contribution in [0.4, 0.5) is 0 Å². The molecule has 0 heterocycles. The normalized spacial score (nSPS) is 13.9. The fourth-order valence-electron chi connectivity index (χ4n) is 3.51. The van der Waals surface area contributed by atoms with Crippen LogP contribution in [0.5, 0.6) is 11.5 Å². The van der Waals surface area contributed by atoms with Crippen molar-refractivity contribution >= 4 is 17.5 Å². The lowest BCUT2D eigenvalue weighted by Gasteiger charge is -2.33. The lowest BCUT2D eigenvalue weighted by molar-refractivity contribution is 0.00267. The molecule has 6 nitrogen and oxygen atoms in total. The maximum Gasteiger partial charge on any atom is 0.338 e. The van der Waals surface area contributed by atoms with E-state index in [0.29, 0.717) is 11.1 Å². The number of methoxy groups -OCH3 is 2. The molecule has 0 aromatic heterocycles. The number of fused-ring (bicyclic) bond motifs is 1. The van der Waals surface area contributed by atoms with E-state index in [1.165, 1.54) is 26.4 Å². The van der Waals surface area contributed by atoms with E-state index in [1.807, 2.05) is 13.8 Å². The molecule has 0 N–H and O–H groups in total. The van der Waals surface area contributed by atoms with Crippen LogP contribution in [0.15, 0.2) is 61.2 Å². The first-order chi connectivity index (χ1) is 14.7. The van der Waals surface area contributed by atoms with Crippen molar-refractivity contribution in [3.63, 3.8) is 0 Å². The molecule has 0 spiro atoms. The third kappa shape index (κ3) is 4.01. The second kappa shape index (κ2) is 8.60. The van der Waals surface area contributed by atoms with Gasteiger partial charge < -0.3 is 14.2 Å². The monoisotopic (exact) mass is 420 g/mol. The zero-order chi connectivity index (χ0) is 22.8. The average Bonchev–Trinajstić information content (AvgIpc) is 2.78. The molecule has 2 aromatic rings. The van der Waals surface area contributed by atoms with Gasteiger partial charge in [0.2, 0.25) is 0 Å². The van der Waals surface area contributed by atoms with Crippen molar-refractivity contribution in [2.24, 2.45) is 5.41 Å². The van der Waals surface area contributed by atoms with E-state index in [2.05, 4.69) is 6.58 Å². The number of carbonyl (C=O) groups is 3. The minimum absolute atomic E-state index is 0.0879. The molecule has 160 valence electrons. The zero-order valence-electron chi connectivity index (χ0n) is 17.9. The van der Waals surface area contributed by atoms with E-state index in [9.17, 15) is 14.4 Å². The summed E-state index contributed by atoms with van der Waals surface area (Å²) in [4.78, 5) is 38.1. The van der Waals surface area contributed by atoms with Crippen molar-refractivity contribution in [3.8, 4) is 11.5 Å². The molecule has 6 heteroatoms. The first kappa shape index (κ1) is 22.0. The quantitative estimate of drug-likeness (QED) is 0.475. The van der Waals surface area contributed by atoms with Crippen molar-refractivity contribution < 1.29 is 28.6 Å². The molecule has 1 aliphatic rings. The van der Waals surface area contributed by atoms with Gasteiger partial charge in [-0.25, -0.2) is 4.79 Å². The SMILES string of the molecule is C=CC(C)(C)C(OC(=O)c1ccccc1)c1cc(OC)c2c(c1OC)C(=O)C=CC2=O. The zero-order valence-corrected chi connectivity index (χ0v) is 17.9. The van der Waals surface area contributed by atoms with Crippen LogP contribution in [-0.2, 0) is 4.74 Å². The first-order valence-corrected chi connectivity index (χ1v) is 9.70. The van der Waals surface area contributed by atoms with E-state index in [1.54, 1.807) is 42.5 Å². The van der Waals surface area contributed by atoms with E-state index in [0.717, 1.165) is 0 Å². The van der Waals surface area contributed by atoms with Gasteiger partial charge in [0.25, 0.3) is 0 Å². The predicted octanol–water partition coefficient (Wildman–Crippen LogP) is 4.75. The van der Waals surface area contributed by atoms with Gasteiger partial charge in [-0.05, 0) is 30.4 Å². The second-order valence-corrected chi connectivity index (χ2v) is 7.69. The summed E-state index contributed by atoms with van der Waals surface area (Å²) in [5.74, 6) is -0.928. The molecular formula is C25H24O6. The lowest BCUT2D eigenvalue weighted by Crippen LogP contribution is -2.27. The molecule has 3 rings (SSSR count). The highest BCUT2D eigenvalue weighted by molar-refractivity contribution is 6.24. The number of ether oxygens (including phenoxy) is 3. The molecule has 0 amide bonds. The van der Waals surface area contributed by atoms with Crippen LogP contribution >= 0.6 is 0 Å². The molecule has 1 atom stereocenters. The molecule has 0 aliphatic heterocycles. The molecule has 2 aromatic carbocycles. The summed E-state index contributed by atoms with van der Waals surface area (Å²) in [6, 6.07) is 10.2. The molecule has 31 heavy (non-hydrogen) atoms. The highest BCUT2D eigenvalue weighted by atomic mass is 16.5. The molecule has 1 unspecified atom stereocenters. The Kier molecular flexibility index (Phi) is 6.11. The third-order valence-electron chi connectivity index (χ3n) is 5.29. The molecular weight excluding hydrogens is 396 g/mol. The number of rotatable bonds is 7. The Morgan fingerprint density at radius 3 is 2.16 bits per heavy atom. The van der Waals surface area contributed by atoms with Crippen LogP contribution < -0.4 is 9.47 Å². The van der Waals surface area contributed by atoms with Crippen LogP contribution in [0, 0.1) is 5.41 Å². The smallest absolute Gasteiger partial charge is 0.338 e. The fraction of sp³-hybridized carbons (Fsp3) is 0.240. The summed E-state index contributed by atoms with van der Waals surface area (Å²) in [7, 11) is 2.81. The third-order valence-corrected chi connectivity index (χ3v) is 5.29. The lowest BCUT2D eigenvalue weighted by atomic mass is 9.79. The van der Waals surface area contributed by atoms with Crippen LogP contribution in [0.2, 0.25) is 0 Å². The Labute approximate surface area is 181 Å². The molecule has 0 radical (unpaired) electrons. The molecule has 1 aliphatic carbocycles. The van der Waals surface area contributed by atoms with Gasteiger partial charge in [0, 0.05) is 11.0 Å². The number of esters is 1. The number of hydrogen-bond acceptors (Lipinski definition) is 6. The Morgan fingerprint density at radius 2 is 1.61 bits per heavy atom. The summed E-state index contributed by atoms with van der Waals surface area (Å²) in [5, 5.41) is 0. The van der Waals surface area contributed by atoms with Crippen LogP contribution in [0.3, 0.4) is 0 Å². The summed E-state index contributed by atoms with van der Waals surface area (Å²) in [5.41, 5.74) is 0.258. The van der Waals surface area contributed by atoms with E-state index in [-0.39, 0.29) is 28.4 Å². The van der Waals surface area contributed by atoms with E-state index in [4.69, 9.17) is 14.2 Å². The predicted molar refractivity (Wildman–Crippen MR) is 116 cm³/mol. The standard InChI is InChI=1S/C25H24O6/c1-6-25(2,3)23(31-24(28)15-10-8-7-9-11-15)16-14-19(29-4)20-17(26)12-13-18(27)21(20)22(16)30-5/h6-14,23H,1H2,2-5H3. The van der Waals surface area contributed by atoms with Gasteiger partial charge >= 0.3 is 5.97 Å². The van der Waals surface area contributed by atoms with E-state index >= 15 is 0 Å². The Bertz CT molecular complexity index is 1080. The van der Waals surface area contributed by atoms with Gasteiger partial charge in [0.05, 0.1) is 30.9 Å². The summed E-state index contributed by atoms with van der Waals surface area (Å²) >= 11 is 0. The van der Waals surface area contributed by atoms with Gasteiger partial charge in [-0.15, -0.1) is 6.58 Å². The molecule has 0 fully saturated rings. The number of ketones is 2. The van der Waals surface area contributed by atoms with Crippen molar-refractivity contribution in [2.45, 2.75) is 20.0 Å². The Morgan fingerprint density at radius 1 is 1.00 bits per heavy atom. The van der Waals surface area contributed by atoms with Gasteiger partial charge in [0.15, 0.2) is 11.6 Å². The summed E-state index contributed by atoms with van der Waals surface area (Å²) in [6.07, 6.45) is 3.18. The maximum absolute atomic E-state index is 12.9. The average molecular weight is 420 g/mol.